The van der Waals surface area contributed by atoms with Crippen LogP contribution in [0.25, 0.3) is 21.3 Å². The van der Waals surface area contributed by atoms with Crippen molar-refractivity contribution >= 4 is 27.5 Å². The lowest BCUT2D eigenvalue weighted by Crippen LogP contribution is -2.30. The van der Waals surface area contributed by atoms with Crippen molar-refractivity contribution in [1.82, 2.24) is 4.57 Å². The van der Waals surface area contributed by atoms with Gasteiger partial charge < -0.3 is 5.11 Å². The maximum Gasteiger partial charge on any atom is 0.311 e. The Morgan fingerprint density at radius 2 is 1.77 bits per heavy atom. The zero-order valence-electron chi connectivity index (χ0n) is 20.3. The predicted octanol–water partition coefficient (Wildman–Crippen LogP) is 6.93. The van der Waals surface area contributed by atoms with Crippen molar-refractivity contribution in [1.29, 1.82) is 0 Å². The van der Waals surface area contributed by atoms with Gasteiger partial charge in [-0.25, -0.2) is 0 Å². The molecule has 0 bridgehead atoms. The number of aromatic nitrogens is 1. The lowest BCUT2D eigenvalue weighted by Gasteiger charge is -2.21. The second-order valence-electron chi connectivity index (χ2n) is 9.60. The van der Waals surface area contributed by atoms with Gasteiger partial charge in [0.2, 0.25) is 0 Å². The van der Waals surface area contributed by atoms with Gasteiger partial charge in [-0.1, -0.05) is 73.5 Å². The standard InChI is InChI=1S/C30H31NO3S/c1-3-9-23(30(33)34)26-25(21-16-14-19(2)15-17-21)27-22-12-7-8-13-24(22)35-29(27)31(28(26)32)18-20-10-5-4-6-11-20/h4-6,10-11,14-17,23H,3,7-9,12-13,18H2,1-2H3,(H,33,34). The average molecular weight is 486 g/mol. The minimum Gasteiger partial charge on any atom is -0.481 e. The number of pyridine rings is 1. The van der Waals surface area contributed by atoms with Crippen LogP contribution >= 0.6 is 11.3 Å². The fraction of sp³-hybridized carbons (Fsp3) is 0.333. The highest BCUT2D eigenvalue weighted by Crippen LogP contribution is 2.44. The Morgan fingerprint density at radius 3 is 2.46 bits per heavy atom. The Morgan fingerprint density at radius 1 is 1.06 bits per heavy atom. The number of thiophene rings is 1. The third kappa shape index (κ3) is 4.34. The van der Waals surface area contributed by atoms with E-state index < -0.39 is 11.9 Å². The number of hydrogen-bond acceptors (Lipinski definition) is 3. The maximum absolute atomic E-state index is 14.3. The molecule has 2 aromatic carbocycles. The van der Waals surface area contributed by atoms with Gasteiger partial charge in [-0.05, 0) is 55.7 Å². The Balaban J connectivity index is 1.91. The first-order chi connectivity index (χ1) is 17.0. The number of hydrogen-bond donors (Lipinski definition) is 1. The molecule has 1 unspecified atom stereocenters. The van der Waals surface area contributed by atoms with Crippen molar-refractivity contribution in [3.05, 3.63) is 92.1 Å². The molecule has 2 aromatic heterocycles. The van der Waals surface area contributed by atoms with E-state index in [2.05, 4.69) is 12.1 Å². The summed E-state index contributed by atoms with van der Waals surface area (Å²) in [5, 5.41) is 11.4. The topological polar surface area (TPSA) is 59.3 Å². The predicted molar refractivity (Wildman–Crippen MR) is 144 cm³/mol. The molecule has 5 heteroatoms. The van der Waals surface area contributed by atoms with Crippen LogP contribution in [-0.2, 0) is 24.2 Å². The lowest BCUT2D eigenvalue weighted by atomic mass is 9.84. The molecule has 180 valence electrons. The summed E-state index contributed by atoms with van der Waals surface area (Å²) in [5.74, 6) is -1.76. The van der Waals surface area contributed by atoms with E-state index in [0.29, 0.717) is 24.9 Å². The molecule has 0 saturated heterocycles. The number of carbonyl (C=O) groups is 1. The Kier molecular flexibility index (Phi) is 6.61. The van der Waals surface area contributed by atoms with Crippen molar-refractivity contribution in [2.45, 2.75) is 64.8 Å². The number of nitrogens with zero attached hydrogens (tertiary/aromatic N) is 1. The van der Waals surface area contributed by atoms with E-state index in [0.717, 1.165) is 58.2 Å². The van der Waals surface area contributed by atoms with Gasteiger partial charge in [-0.2, -0.15) is 0 Å². The third-order valence-corrected chi connectivity index (χ3v) is 8.46. The SMILES string of the molecule is CCCC(C(=O)O)c1c(-c2ccc(C)cc2)c2c3c(sc2n(Cc2ccccc2)c1=O)CCCC3. The summed E-state index contributed by atoms with van der Waals surface area (Å²) in [6.45, 7) is 4.46. The van der Waals surface area contributed by atoms with Crippen LogP contribution in [0.5, 0.6) is 0 Å². The molecule has 0 aliphatic heterocycles. The molecular formula is C30H31NO3S. The Bertz CT molecular complexity index is 1430. The van der Waals surface area contributed by atoms with Gasteiger partial charge in [0.25, 0.3) is 5.56 Å². The van der Waals surface area contributed by atoms with Crippen LogP contribution in [0.2, 0.25) is 0 Å². The van der Waals surface area contributed by atoms with Gasteiger partial charge in [0.15, 0.2) is 0 Å². The number of aryl methyl sites for hydroxylation is 3. The summed E-state index contributed by atoms with van der Waals surface area (Å²) in [7, 11) is 0. The third-order valence-electron chi connectivity index (χ3n) is 7.14. The molecule has 1 N–H and O–H groups in total. The summed E-state index contributed by atoms with van der Waals surface area (Å²) < 4.78 is 1.85. The van der Waals surface area contributed by atoms with E-state index in [-0.39, 0.29) is 5.56 Å². The van der Waals surface area contributed by atoms with Crippen LogP contribution in [0.4, 0.5) is 0 Å². The van der Waals surface area contributed by atoms with Gasteiger partial charge in [0, 0.05) is 21.4 Å². The van der Waals surface area contributed by atoms with Gasteiger partial charge in [-0.15, -0.1) is 11.3 Å². The second kappa shape index (κ2) is 9.82. The Hall–Kier alpha value is -3.18. The van der Waals surface area contributed by atoms with E-state index in [1.807, 2.05) is 60.9 Å². The summed E-state index contributed by atoms with van der Waals surface area (Å²) >= 11 is 1.73. The van der Waals surface area contributed by atoms with Crippen molar-refractivity contribution < 1.29 is 9.90 Å². The highest BCUT2D eigenvalue weighted by molar-refractivity contribution is 7.19. The van der Waals surface area contributed by atoms with Crippen LogP contribution in [-0.4, -0.2) is 15.6 Å². The average Bonchev–Trinajstić information content (AvgIpc) is 3.25. The molecule has 0 radical (unpaired) electrons. The zero-order valence-corrected chi connectivity index (χ0v) is 21.2. The van der Waals surface area contributed by atoms with E-state index in [4.69, 9.17) is 0 Å². The van der Waals surface area contributed by atoms with Gasteiger partial charge >= 0.3 is 5.97 Å². The summed E-state index contributed by atoms with van der Waals surface area (Å²) in [6.07, 6.45) is 5.41. The summed E-state index contributed by atoms with van der Waals surface area (Å²) in [4.78, 5) is 29.2. The number of carboxylic acids is 1. The minimum absolute atomic E-state index is 0.170. The molecule has 0 fully saturated rings. The number of fused-ring (bicyclic) bond motifs is 3. The molecule has 0 amide bonds. The smallest absolute Gasteiger partial charge is 0.311 e. The van der Waals surface area contributed by atoms with Crippen LogP contribution in [0, 0.1) is 6.92 Å². The molecule has 1 aliphatic rings. The van der Waals surface area contributed by atoms with Crippen LogP contribution in [0.15, 0.2) is 59.4 Å². The maximum atomic E-state index is 14.3. The monoisotopic (exact) mass is 485 g/mol. The fourth-order valence-corrected chi connectivity index (χ4v) is 6.80. The minimum atomic E-state index is -0.924. The molecule has 1 aliphatic carbocycles. The van der Waals surface area contributed by atoms with Gasteiger partial charge in [0.05, 0.1) is 12.5 Å². The number of carboxylic acid groups (broad SMARTS) is 1. The normalized spacial score (nSPS) is 14.1. The molecule has 1 atom stereocenters. The van der Waals surface area contributed by atoms with Crippen molar-refractivity contribution in [2.75, 3.05) is 0 Å². The molecule has 2 heterocycles. The van der Waals surface area contributed by atoms with Crippen molar-refractivity contribution in [3.63, 3.8) is 0 Å². The molecular weight excluding hydrogens is 454 g/mol. The number of benzene rings is 2. The quantitative estimate of drug-likeness (QED) is 0.309. The van der Waals surface area contributed by atoms with Gasteiger partial charge in [-0.3, -0.25) is 14.2 Å². The van der Waals surface area contributed by atoms with E-state index in [9.17, 15) is 14.7 Å². The zero-order chi connectivity index (χ0) is 24.5. The van der Waals surface area contributed by atoms with E-state index >= 15 is 0 Å². The van der Waals surface area contributed by atoms with Crippen molar-refractivity contribution in [3.8, 4) is 11.1 Å². The van der Waals surface area contributed by atoms with Crippen LogP contribution < -0.4 is 5.56 Å². The first-order valence-electron chi connectivity index (χ1n) is 12.5. The first kappa shape index (κ1) is 23.6. The summed E-state index contributed by atoms with van der Waals surface area (Å²) in [5.41, 5.74) is 5.55. The van der Waals surface area contributed by atoms with Gasteiger partial charge in [0.1, 0.15) is 4.83 Å². The number of aliphatic carboxylic acids is 1. The largest absolute Gasteiger partial charge is 0.481 e. The molecule has 5 rings (SSSR count). The second-order valence-corrected chi connectivity index (χ2v) is 10.7. The molecule has 0 saturated carbocycles. The highest BCUT2D eigenvalue weighted by atomic mass is 32.1. The van der Waals surface area contributed by atoms with Crippen LogP contribution in [0.1, 0.15) is 65.7 Å². The Labute approximate surface area is 209 Å². The van der Waals surface area contributed by atoms with E-state index in [1.54, 1.807) is 11.3 Å². The molecule has 4 aromatic rings. The molecule has 0 spiro atoms. The highest BCUT2D eigenvalue weighted by Gasteiger charge is 2.32. The summed E-state index contributed by atoms with van der Waals surface area (Å²) in [6, 6.07) is 18.2. The lowest BCUT2D eigenvalue weighted by molar-refractivity contribution is -0.139. The fourth-order valence-electron chi connectivity index (χ4n) is 5.41. The van der Waals surface area contributed by atoms with E-state index in [1.165, 1.54) is 10.4 Å². The van der Waals surface area contributed by atoms with Crippen LogP contribution in [0.3, 0.4) is 0 Å². The molecule has 35 heavy (non-hydrogen) atoms. The molecule has 4 nitrogen and oxygen atoms in total. The first-order valence-corrected chi connectivity index (χ1v) is 13.4. The van der Waals surface area contributed by atoms with Crippen molar-refractivity contribution in [2.24, 2.45) is 0 Å². The number of rotatable bonds is 7.